The molecule has 1 rings (SSSR count). The van der Waals surface area contributed by atoms with E-state index in [9.17, 15) is 9.18 Å². The van der Waals surface area contributed by atoms with Gasteiger partial charge in [-0.05, 0) is 34.7 Å². The van der Waals surface area contributed by atoms with Crippen LogP contribution in [0.5, 0.6) is 5.75 Å². The summed E-state index contributed by atoms with van der Waals surface area (Å²) < 4.78 is 18.6. The van der Waals surface area contributed by atoms with Gasteiger partial charge in [0, 0.05) is 3.57 Å². The Bertz CT molecular complexity index is 312. The fourth-order valence-electron chi connectivity index (χ4n) is 0.819. The monoisotopic (exact) mass is 280 g/mol. The largest absolute Gasteiger partial charge is 0.494 e. The van der Waals surface area contributed by atoms with E-state index >= 15 is 0 Å². The van der Waals surface area contributed by atoms with Crippen LogP contribution in [-0.4, -0.2) is 13.4 Å². The maximum atomic E-state index is 13.1. The van der Waals surface area contributed by atoms with Crippen molar-refractivity contribution in [3.63, 3.8) is 0 Å². The summed E-state index contributed by atoms with van der Waals surface area (Å²) in [5.74, 6) is -0.503. The molecule has 4 heteroatoms. The summed E-state index contributed by atoms with van der Waals surface area (Å²) in [4.78, 5) is 10.3. The molecule has 0 saturated carbocycles. The summed E-state index contributed by atoms with van der Waals surface area (Å²) >= 11 is 1.99. The predicted octanol–water partition coefficient (Wildman–Crippen LogP) is 2.25. The van der Waals surface area contributed by atoms with E-state index in [-0.39, 0.29) is 11.3 Å². The van der Waals surface area contributed by atoms with E-state index in [4.69, 9.17) is 4.74 Å². The molecule has 0 amide bonds. The Hall–Kier alpha value is -0.650. The van der Waals surface area contributed by atoms with Crippen LogP contribution in [0.4, 0.5) is 4.39 Å². The summed E-state index contributed by atoms with van der Waals surface area (Å²) in [6.45, 7) is 0. The molecule has 0 aliphatic heterocycles. The molecule has 0 atom stereocenters. The van der Waals surface area contributed by atoms with E-state index < -0.39 is 5.82 Å². The quantitative estimate of drug-likeness (QED) is 0.613. The molecule has 12 heavy (non-hydrogen) atoms. The average Bonchev–Trinajstić information content (AvgIpc) is 2.08. The first kappa shape index (κ1) is 9.44. The lowest BCUT2D eigenvalue weighted by Crippen LogP contribution is -1.94. The van der Waals surface area contributed by atoms with Crippen LogP contribution in [0.1, 0.15) is 10.4 Å². The summed E-state index contributed by atoms with van der Waals surface area (Å²) in [5, 5.41) is 0. The Morgan fingerprint density at radius 2 is 2.25 bits per heavy atom. The molecule has 1 aromatic rings. The molecule has 1 aromatic carbocycles. The molecule has 0 spiro atoms. The topological polar surface area (TPSA) is 26.3 Å². The summed E-state index contributed by atoms with van der Waals surface area (Å²) in [6, 6.07) is 2.99. The zero-order valence-corrected chi connectivity index (χ0v) is 8.46. The Morgan fingerprint density at radius 3 is 2.75 bits per heavy atom. The van der Waals surface area contributed by atoms with Gasteiger partial charge in [-0.1, -0.05) is 0 Å². The normalized spacial score (nSPS) is 9.58. The van der Waals surface area contributed by atoms with Gasteiger partial charge in [-0.25, -0.2) is 4.39 Å². The predicted molar refractivity (Wildman–Crippen MR) is 51.1 cm³/mol. The molecule has 0 saturated heterocycles. The van der Waals surface area contributed by atoms with Crippen molar-refractivity contribution in [2.45, 2.75) is 0 Å². The number of hydrogen-bond donors (Lipinski definition) is 0. The van der Waals surface area contributed by atoms with E-state index in [0.717, 1.165) is 3.57 Å². The number of methoxy groups -OCH3 is 1. The van der Waals surface area contributed by atoms with E-state index in [0.29, 0.717) is 6.29 Å². The fourth-order valence-corrected chi connectivity index (χ4v) is 1.44. The molecule has 2 nitrogen and oxygen atoms in total. The van der Waals surface area contributed by atoms with Gasteiger partial charge in [-0.2, -0.15) is 0 Å². The average molecular weight is 280 g/mol. The highest BCUT2D eigenvalue weighted by atomic mass is 127. The maximum absolute atomic E-state index is 13.1. The molecule has 0 bridgehead atoms. The first-order chi connectivity index (χ1) is 5.69. The van der Waals surface area contributed by atoms with Crippen molar-refractivity contribution >= 4 is 28.9 Å². The van der Waals surface area contributed by atoms with Crippen LogP contribution in [0, 0.1) is 9.39 Å². The van der Waals surface area contributed by atoms with Crippen LogP contribution in [0.25, 0.3) is 0 Å². The van der Waals surface area contributed by atoms with Crippen molar-refractivity contribution in [2.24, 2.45) is 0 Å². The van der Waals surface area contributed by atoms with Gasteiger partial charge in [-0.15, -0.1) is 0 Å². The maximum Gasteiger partial charge on any atom is 0.175 e. The van der Waals surface area contributed by atoms with Crippen LogP contribution in [0.2, 0.25) is 0 Å². The number of ether oxygens (including phenoxy) is 1. The van der Waals surface area contributed by atoms with Crippen molar-refractivity contribution in [2.75, 3.05) is 7.11 Å². The zero-order chi connectivity index (χ0) is 9.14. The molecule has 0 aliphatic carbocycles. The summed E-state index contributed by atoms with van der Waals surface area (Å²) in [7, 11) is 1.36. The first-order valence-electron chi connectivity index (χ1n) is 3.17. The Labute approximate surface area is 82.9 Å². The fraction of sp³-hybridized carbons (Fsp3) is 0.125. The third-order valence-corrected chi connectivity index (χ3v) is 2.00. The van der Waals surface area contributed by atoms with Crippen molar-refractivity contribution in [3.05, 3.63) is 27.1 Å². The Morgan fingerprint density at radius 1 is 1.58 bits per heavy atom. The first-order valence-corrected chi connectivity index (χ1v) is 4.25. The van der Waals surface area contributed by atoms with E-state index in [1.54, 1.807) is 0 Å². The van der Waals surface area contributed by atoms with Crippen molar-refractivity contribution in [3.8, 4) is 5.75 Å². The lowest BCUT2D eigenvalue weighted by molar-refractivity contribution is 0.111. The minimum atomic E-state index is -0.604. The van der Waals surface area contributed by atoms with Gasteiger partial charge in [0.15, 0.2) is 17.9 Å². The number of carbonyl (C=O) groups is 1. The van der Waals surface area contributed by atoms with Gasteiger partial charge in [-0.3, -0.25) is 4.79 Å². The van der Waals surface area contributed by atoms with E-state index in [1.165, 1.54) is 19.2 Å². The standard InChI is InChI=1S/C8H6FIO2/c1-12-7-3-6(10)2-5(4-11)8(7)9/h2-4H,1H3. The Balaban J connectivity index is 3.31. The number of carbonyl (C=O) groups excluding carboxylic acids is 1. The van der Waals surface area contributed by atoms with Gasteiger partial charge < -0.3 is 4.74 Å². The molecular formula is C8H6FIO2. The number of aldehydes is 1. The van der Waals surface area contributed by atoms with Gasteiger partial charge >= 0.3 is 0 Å². The van der Waals surface area contributed by atoms with Gasteiger partial charge in [0.2, 0.25) is 0 Å². The lowest BCUT2D eigenvalue weighted by atomic mass is 10.2. The highest BCUT2D eigenvalue weighted by Gasteiger charge is 2.08. The van der Waals surface area contributed by atoms with Crippen LogP contribution in [0.15, 0.2) is 12.1 Å². The molecule has 0 aliphatic rings. The number of hydrogen-bond acceptors (Lipinski definition) is 2. The van der Waals surface area contributed by atoms with E-state index in [1.807, 2.05) is 22.6 Å². The molecule has 0 N–H and O–H groups in total. The van der Waals surface area contributed by atoms with Crippen LogP contribution < -0.4 is 4.74 Å². The number of halogens is 2. The smallest absolute Gasteiger partial charge is 0.175 e. The van der Waals surface area contributed by atoms with Gasteiger partial charge in [0.1, 0.15) is 0 Å². The Kier molecular flexibility index (Phi) is 3.02. The van der Waals surface area contributed by atoms with Crippen LogP contribution in [0.3, 0.4) is 0 Å². The lowest BCUT2D eigenvalue weighted by Gasteiger charge is -2.03. The van der Waals surface area contributed by atoms with Crippen LogP contribution >= 0.6 is 22.6 Å². The van der Waals surface area contributed by atoms with Crippen LogP contribution in [-0.2, 0) is 0 Å². The highest BCUT2D eigenvalue weighted by Crippen LogP contribution is 2.22. The molecule has 0 heterocycles. The summed E-state index contributed by atoms with van der Waals surface area (Å²) in [5.41, 5.74) is 0.0266. The van der Waals surface area contributed by atoms with Crippen molar-refractivity contribution < 1.29 is 13.9 Å². The molecule has 0 radical (unpaired) electrons. The highest BCUT2D eigenvalue weighted by molar-refractivity contribution is 14.1. The summed E-state index contributed by atoms with van der Waals surface area (Å²) in [6.07, 6.45) is 0.472. The third-order valence-electron chi connectivity index (χ3n) is 1.38. The van der Waals surface area contributed by atoms with Crippen molar-refractivity contribution in [1.29, 1.82) is 0 Å². The second-order valence-corrected chi connectivity index (χ2v) is 3.37. The van der Waals surface area contributed by atoms with Crippen molar-refractivity contribution in [1.82, 2.24) is 0 Å². The molecule has 0 aromatic heterocycles. The minimum absolute atomic E-state index is 0.0266. The number of rotatable bonds is 2. The second-order valence-electron chi connectivity index (χ2n) is 2.13. The molecule has 0 fully saturated rings. The van der Waals surface area contributed by atoms with E-state index in [2.05, 4.69) is 0 Å². The SMILES string of the molecule is COc1cc(I)cc(C=O)c1F. The third kappa shape index (κ3) is 1.74. The molecule has 0 unspecified atom stereocenters. The minimum Gasteiger partial charge on any atom is -0.494 e. The second kappa shape index (κ2) is 3.84. The molecular weight excluding hydrogens is 274 g/mol. The van der Waals surface area contributed by atoms with Gasteiger partial charge in [0.25, 0.3) is 0 Å². The number of benzene rings is 1. The zero-order valence-electron chi connectivity index (χ0n) is 6.30. The molecule has 64 valence electrons. The van der Waals surface area contributed by atoms with Gasteiger partial charge in [0.05, 0.1) is 12.7 Å².